The number of rotatable bonds is 3. The van der Waals surface area contributed by atoms with E-state index in [0.29, 0.717) is 60.8 Å². The zero-order valence-electron chi connectivity index (χ0n) is 14.3. The predicted octanol–water partition coefficient (Wildman–Crippen LogP) is 3.01. The molecule has 1 aliphatic heterocycles. The molecular formula is C17H17F3N6S. The van der Waals surface area contributed by atoms with E-state index < -0.39 is 11.1 Å². The van der Waals surface area contributed by atoms with E-state index in [2.05, 4.69) is 19.9 Å². The average molecular weight is 394 g/mol. The Labute approximate surface area is 157 Å². The van der Waals surface area contributed by atoms with Gasteiger partial charge < -0.3 is 10.6 Å². The van der Waals surface area contributed by atoms with E-state index in [1.54, 1.807) is 0 Å². The number of nitrogens with two attached hydrogens (primary N) is 1. The lowest BCUT2D eigenvalue weighted by Gasteiger charge is -2.34. The van der Waals surface area contributed by atoms with Gasteiger partial charge in [-0.2, -0.15) is 13.2 Å². The lowest BCUT2D eigenvalue weighted by molar-refractivity contribution is -0.134. The minimum atomic E-state index is -4.34. The van der Waals surface area contributed by atoms with Crippen LogP contribution in [0.2, 0.25) is 0 Å². The Hall–Kier alpha value is -2.46. The first kappa shape index (κ1) is 17.9. The Kier molecular flexibility index (Phi) is 4.60. The van der Waals surface area contributed by atoms with Gasteiger partial charge in [0.1, 0.15) is 16.5 Å². The number of hydrogen-bond acceptors (Lipinski definition) is 7. The Bertz CT molecular complexity index is 949. The van der Waals surface area contributed by atoms with Crippen LogP contribution in [-0.4, -0.2) is 46.0 Å². The van der Waals surface area contributed by atoms with Gasteiger partial charge in [0.2, 0.25) is 0 Å². The number of nitrogen functional groups attached to an aromatic ring is 1. The van der Waals surface area contributed by atoms with Crippen molar-refractivity contribution in [3.05, 3.63) is 41.2 Å². The van der Waals surface area contributed by atoms with E-state index in [0.717, 1.165) is 17.1 Å². The minimum Gasteiger partial charge on any atom is -0.383 e. The number of halogens is 3. The molecule has 1 aromatic carbocycles. The monoisotopic (exact) mass is 394 g/mol. The van der Waals surface area contributed by atoms with Gasteiger partial charge >= 0.3 is 6.18 Å². The number of hydrogen-bond donors (Lipinski definition) is 1. The molecule has 1 fully saturated rings. The highest BCUT2D eigenvalue weighted by Crippen LogP contribution is 2.36. The van der Waals surface area contributed by atoms with E-state index in [1.807, 2.05) is 29.2 Å². The summed E-state index contributed by atoms with van der Waals surface area (Å²) < 4.78 is 38.2. The van der Waals surface area contributed by atoms with Gasteiger partial charge in [-0.05, 0) is 12.1 Å². The van der Waals surface area contributed by atoms with Crippen molar-refractivity contribution >= 4 is 33.2 Å². The number of fused-ring (bicyclic) bond motifs is 1. The highest BCUT2D eigenvalue weighted by molar-refractivity contribution is 7.15. The summed E-state index contributed by atoms with van der Waals surface area (Å²) in [5, 5.41) is 1.24. The third-order valence-electron chi connectivity index (χ3n) is 4.46. The molecule has 3 aromatic rings. The maximum Gasteiger partial charge on any atom is 0.427 e. The molecule has 0 bridgehead atoms. The van der Waals surface area contributed by atoms with Crippen LogP contribution in [0.5, 0.6) is 0 Å². The third kappa shape index (κ3) is 3.81. The van der Waals surface area contributed by atoms with E-state index in [9.17, 15) is 13.2 Å². The highest BCUT2D eigenvalue weighted by Gasteiger charge is 2.34. The van der Waals surface area contributed by atoms with E-state index in [-0.39, 0.29) is 0 Å². The minimum absolute atomic E-state index is 0.410. The first-order valence-corrected chi connectivity index (χ1v) is 9.23. The zero-order valence-corrected chi connectivity index (χ0v) is 15.1. The number of nitrogens with zero attached hydrogens (tertiary/aromatic N) is 5. The fourth-order valence-corrected chi connectivity index (χ4v) is 3.90. The molecule has 27 heavy (non-hydrogen) atoms. The molecule has 0 aliphatic carbocycles. The fourth-order valence-electron chi connectivity index (χ4n) is 3.06. The van der Waals surface area contributed by atoms with Gasteiger partial charge in [-0.25, -0.2) is 15.0 Å². The molecule has 1 saturated heterocycles. The van der Waals surface area contributed by atoms with Gasteiger partial charge in [0.25, 0.3) is 0 Å². The van der Waals surface area contributed by atoms with Gasteiger partial charge in [0.15, 0.2) is 5.13 Å². The van der Waals surface area contributed by atoms with Gasteiger partial charge in [-0.15, -0.1) is 0 Å². The largest absolute Gasteiger partial charge is 0.427 e. The van der Waals surface area contributed by atoms with Crippen molar-refractivity contribution in [3.8, 4) is 0 Å². The number of aromatic nitrogens is 3. The highest BCUT2D eigenvalue weighted by atomic mass is 32.1. The van der Waals surface area contributed by atoms with Crippen LogP contribution >= 0.6 is 11.3 Å². The molecule has 0 radical (unpaired) electrons. The maximum atomic E-state index is 12.7. The molecule has 0 unspecified atom stereocenters. The first-order valence-electron chi connectivity index (χ1n) is 8.41. The van der Waals surface area contributed by atoms with Crippen molar-refractivity contribution in [1.82, 2.24) is 19.9 Å². The van der Waals surface area contributed by atoms with Gasteiger partial charge in [-0.3, -0.25) is 4.90 Å². The predicted molar refractivity (Wildman–Crippen MR) is 98.6 cm³/mol. The van der Waals surface area contributed by atoms with Crippen LogP contribution in [-0.2, 0) is 12.7 Å². The Morgan fingerprint density at radius 3 is 2.52 bits per heavy atom. The molecule has 0 atom stereocenters. The summed E-state index contributed by atoms with van der Waals surface area (Å²) in [4.78, 5) is 16.2. The molecule has 2 N–H and O–H groups in total. The first-order chi connectivity index (χ1) is 12.9. The van der Waals surface area contributed by atoms with Crippen LogP contribution in [0.1, 0.15) is 10.7 Å². The lowest BCUT2D eigenvalue weighted by atomic mass is 10.2. The van der Waals surface area contributed by atoms with Crippen LogP contribution in [0, 0.1) is 0 Å². The smallest absolute Gasteiger partial charge is 0.383 e. The van der Waals surface area contributed by atoms with Crippen LogP contribution in [0.25, 0.3) is 10.9 Å². The van der Waals surface area contributed by atoms with Gasteiger partial charge in [0, 0.05) is 31.6 Å². The van der Waals surface area contributed by atoms with Gasteiger partial charge in [-0.1, -0.05) is 23.5 Å². The molecule has 0 amide bonds. The zero-order chi connectivity index (χ0) is 19.0. The summed E-state index contributed by atoms with van der Waals surface area (Å²) in [6.45, 7) is 3.14. The molecule has 10 heteroatoms. The normalized spacial score (nSPS) is 16.2. The van der Waals surface area contributed by atoms with Crippen molar-refractivity contribution in [2.45, 2.75) is 12.7 Å². The topological polar surface area (TPSA) is 71.2 Å². The number of para-hydroxylation sites is 1. The number of thiazole rings is 1. The number of piperazine rings is 1. The molecule has 142 valence electrons. The van der Waals surface area contributed by atoms with Crippen LogP contribution in [0.3, 0.4) is 0 Å². The lowest BCUT2D eigenvalue weighted by Crippen LogP contribution is -2.46. The standard InChI is InChI=1S/C17H17F3N6S/c18-17(19,20)13-9-22-16(27-13)26-7-5-25(6-8-26)10-14-23-12-4-2-1-3-11(12)15(21)24-14/h1-4,9H,5-8,10H2,(H2,21,23,24). The summed E-state index contributed by atoms with van der Waals surface area (Å²) in [6.07, 6.45) is -3.44. The van der Waals surface area contributed by atoms with Gasteiger partial charge in [0.05, 0.1) is 18.3 Å². The van der Waals surface area contributed by atoms with Crippen LogP contribution in [0.15, 0.2) is 30.5 Å². The molecule has 4 rings (SSSR count). The van der Waals surface area contributed by atoms with Crippen molar-refractivity contribution in [1.29, 1.82) is 0 Å². The third-order valence-corrected chi connectivity index (χ3v) is 5.56. The van der Waals surface area contributed by atoms with E-state index >= 15 is 0 Å². The summed E-state index contributed by atoms with van der Waals surface area (Å²) in [7, 11) is 0. The SMILES string of the molecule is Nc1nc(CN2CCN(c3ncc(C(F)(F)F)s3)CC2)nc2ccccc12. The Morgan fingerprint density at radius 2 is 1.81 bits per heavy atom. The van der Waals surface area contributed by atoms with E-state index in [1.165, 1.54) is 0 Å². The second-order valence-corrected chi connectivity index (χ2v) is 7.32. The average Bonchev–Trinajstić information content (AvgIpc) is 3.13. The number of alkyl halides is 3. The maximum absolute atomic E-state index is 12.7. The van der Waals surface area contributed by atoms with E-state index in [4.69, 9.17) is 5.73 Å². The number of benzene rings is 1. The molecular weight excluding hydrogens is 377 g/mol. The van der Waals surface area contributed by atoms with Crippen molar-refractivity contribution in [2.75, 3.05) is 36.8 Å². The quantitative estimate of drug-likeness (QED) is 0.736. The second kappa shape index (κ2) is 6.93. The molecule has 3 heterocycles. The van der Waals surface area contributed by atoms with Crippen LogP contribution < -0.4 is 10.6 Å². The Balaban J connectivity index is 1.40. The molecule has 0 saturated carbocycles. The van der Waals surface area contributed by atoms with Crippen molar-refractivity contribution < 1.29 is 13.2 Å². The molecule has 2 aromatic heterocycles. The summed E-state index contributed by atoms with van der Waals surface area (Å²) in [6, 6.07) is 7.58. The number of anilines is 2. The summed E-state index contributed by atoms with van der Waals surface area (Å²) in [5.41, 5.74) is 6.83. The summed E-state index contributed by atoms with van der Waals surface area (Å²) >= 11 is 0.685. The molecule has 0 spiro atoms. The van der Waals surface area contributed by atoms with Crippen molar-refractivity contribution in [2.24, 2.45) is 0 Å². The summed E-state index contributed by atoms with van der Waals surface area (Å²) in [5.74, 6) is 1.10. The molecule has 1 aliphatic rings. The fraction of sp³-hybridized carbons (Fsp3) is 0.353. The second-order valence-electron chi connectivity index (χ2n) is 6.31. The Morgan fingerprint density at radius 1 is 1.07 bits per heavy atom. The van der Waals surface area contributed by atoms with Crippen molar-refractivity contribution in [3.63, 3.8) is 0 Å². The molecule has 6 nitrogen and oxygen atoms in total. The van der Waals surface area contributed by atoms with Crippen LogP contribution in [0.4, 0.5) is 24.1 Å².